The van der Waals surface area contributed by atoms with Crippen LogP contribution >= 0.6 is 0 Å². The Morgan fingerprint density at radius 3 is 2.23 bits per heavy atom. The van der Waals surface area contributed by atoms with Crippen LogP contribution in [-0.2, 0) is 6.42 Å². The number of carbonyl (C=O) groups is 1. The molecule has 0 fully saturated rings. The van der Waals surface area contributed by atoms with E-state index in [-0.39, 0.29) is 0 Å². The summed E-state index contributed by atoms with van der Waals surface area (Å²) < 4.78 is 0. The Labute approximate surface area is 176 Å². The number of nitrogens with one attached hydrogen (secondary N) is 3. The van der Waals surface area contributed by atoms with Crippen molar-refractivity contribution in [1.82, 2.24) is 15.3 Å². The van der Waals surface area contributed by atoms with Gasteiger partial charge in [-0.05, 0) is 51.0 Å². The summed E-state index contributed by atoms with van der Waals surface area (Å²) in [5.74, 6) is 0.683. The average molecular weight is 403 g/mol. The molecule has 0 saturated carbocycles. The third kappa shape index (κ3) is 6.70. The summed E-state index contributed by atoms with van der Waals surface area (Å²) in [7, 11) is 0. The molecule has 0 aliphatic heterocycles. The van der Waals surface area contributed by atoms with Crippen molar-refractivity contribution in [3.63, 3.8) is 0 Å². The number of anilines is 2. The minimum Gasteiger partial charge on any atom is -0.308 e. The zero-order valence-electron chi connectivity index (χ0n) is 17.4. The molecule has 3 aromatic rings. The van der Waals surface area contributed by atoms with Gasteiger partial charge >= 0.3 is 6.03 Å². The molecular formula is C23H26N6O. The van der Waals surface area contributed by atoms with Crippen LogP contribution < -0.4 is 16.0 Å². The quantitative estimate of drug-likeness (QED) is 0.440. The van der Waals surface area contributed by atoms with Crippen LogP contribution in [0.3, 0.4) is 0 Å². The van der Waals surface area contributed by atoms with E-state index in [9.17, 15) is 4.79 Å². The van der Waals surface area contributed by atoms with E-state index in [1.807, 2.05) is 81.4 Å². The fourth-order valence-electron chi connectivity index (χ4n) is 2.85. The molecule has 0 unspecified atom stereocenters. The van der Waals surface area contributed by atoms with Crippen LogP contribution in [0.5, 0.6) is 0 Å². The predicted molar refractivity (Wildman–Crippen MR) is 121 cm³/mol. The van der Waals surface area contributed by atoms with Crippen LogP contribution in [0.25, 0.3) is 0 Å². The van der Waals surface area contributed by atoms with Crippen molar-refractivity contribution >= 4 is 23.6 Å². The Bertz CT molecular complexity index is 995. The smallest absolute Gasteiger partial charge is 0.308 e. The Kier molecular flexibility index (Phi) is 7.10. The summed E-state index contributed by atoms with van der Waals surface area (Å²) >= 11 is 0. The van der Waals surface area contributed by atoms with Crippen molar-refractivity contribution in [2.45, 2.75) is 27.2 Å². The van der Waals surface area contributed by atoms with E-state index in [0.717, 1.165) is 23.4 Å². The van der Waals surface area contributed by atoms with Gasteiger partial charge in [0.05, 0.1) is 0 Å². The third-order valence-corrected chi connectivity index (χ3v) is 4.27. The maximum absolute atomic E-state index is 12.5. The van der Waals surface area contributed by atoms with Gasteiger partial charge < -0.3 is 5.32 Å². The molecule has 154 valence electrons. The predicted octanol–water partition coefficient (Wildman–Crippen LogP) is 4.23. The second kappa shape index (κ2) is 10.2. The van der Waals surface area contributed by atoms with Gasteiger partial charge in [0.2, 0.25) is 11.9 Å². The first kappa shape index (κ1) is 21.0. The van der Waals surface area contributed by atoms with Crippen LogP contribution in [0.2, 0.25) is 0 Å². The van der Waals surface area contributed by atoms with Crippen LogP contribution in [0, 0.1) is 20.8 Å². The number of hydrogen-bond donors (Lipinski definition) is 3. The van der Waals surface area contributed by atoms with Crippen molar-refractivity contribution in [1.29, 1.82) is 0 Å². The molecule has 0 aliphatic carbocycles. The van der Waals surface area contributed by atoms with Crippen molar-refractivity contribution < 1.29 is 4.79 Å². The number of aryl methyl sites for hydroxylation is 3. The SMILES string of the molecule is Cc1ccc(NC(=O)NC(=NCCc2ccccc2)Nc2nc(C)cc(C)n2)cc1. The lowest BCUT2D eigenvalue weighted by Crippen LogP contribution is -2.39. The highest BCUT2D eigenvalue weighted by molar-refractivity contribution is 6.07. The fraction of sp³-hybridized carbons (Fsp3) is 0.217. The zero-order valence-corrected chi connectivity index (χ0v) is 17.4. The second-order valence-corrected chi connectivity index (χ2v) is 7.01. The van der Waals surface area contributed by atoms with Crippen LogP contribution in [0.1, 0.15) is 22.5 Å². The van der Waals surface area contributed by atoms with Gasteiger partial charge in [0, 0.05) is 23.6 Å². The number of guanidine groups is 1. The first-order valence-corrected chi connectivity index (χ1v) is 9.80. The van der Waals surface area contributed by atoms with Gasteiger partial charge in [0.25, 0.3) is 0 Å². The Balaban J connectivity index is 1.70. The first-order chi connectivity index (χ1) is 14.5. The number of nitrogens with zero attached hydrogens (tertiary/aromatic N) is 3. The first-order valence-electron chi connectivity index (χ1n) is 9.80. The van der Waals surface area contributed by atoms with Crippen molar-refractivity contribution in [3.05, 3.63) is 83.2 Å². The highest BCUT2D eigenvalue weighted by atomic mass is 16.2. The zero-order chi connectivity index (χ0) is 21.3. The Morgan fingerprint density at radius 2 is 1.57 bits per heavy atom. The molecule has 0 atom stereocenters. The number of rotatable bonds is 5. The molecule has 7 heteroatoms. The number of aromatic nitrogens is 2. The lowest BCUT2D eigenvalue weighted by molar-refractivity contribution is 0.256. The van der Waals surface area contributed by atoms with E-state index in [0.29, 0.717) is 24.1 Å². The standard InChI is InChI=1S/C23H26N6O/c1-16-9-11-20(12-10-16)27-23(30)29-21(24-14-13-19-7-5-4-6-8-19)28-22-25-17(2)15-18(3)26-22/h4-12,15H,13-14H2,1-3H3,(H3,24,25,26,27,28,29,30). The summed E-state index contributed by atoms with van der Waals surface area (Å²) in [6, 6.07) is 19.1. The molecular weight excluding hydrogens is 376 g/mol. The lowest BCUT2D eigenvalue weighted by atomic mass is 10.2. The molecule has 7 nitrogen and oxygen atoms in total. The van der Waals surface area contributed by atoms with Gasteiger partial charge in [-0.2, -0.15) is 0 Å². The van der Waals surface area contributed by atoms with Crippen LogP contribution in [0.4, 0.5) is 16.4 Å². The molecule has 0 saturated heterocycles. The van der Waals surface area contributed by atoms with E-state index in [1.54, 1.807) is 0 Å². The Morgan fingerprint density at radius 1 is 0.900 bits per heavy atom. The molecule has 0 radical (unpaired) electrons. The monoisotopic (exact) mass is 402 g/mol. The van der Waals surface area contributed by atoms with E-state index in [4.69, 9.17) is 0 Å². The lowest BCUT2D eigenvalue weighted by Gasteiger charge is -2.12. The maximum Gasteiger partial charge on any atom is 0.326 e. The normalized spacial score (nSPS) is 11.1. The molecule has 0 spiro atoms. The fourth-order valence-corrected chi connectivity index (χ4v) is 2.85. The summed E-state index contributed by atoms with van der Waals surface area (Å²) in [6.07, 6.45) is 0.751. The molecule has 3 N–H and O–H groups in total. The number of carbonyl (C=O) groups excluding carboxylic acids is 1. The molecule has 2 amide bonds. The van der Waals surface area contributed by atoms with Gasteiger partial charge in [0.1, 0.15) is 0 Å². The van der Waals surface area contributed by atoms with Gasteiger partial charge in [0.15, 0.2) is 0 Å². The number of amides is 2. The van der Waals surface area contributed by atoms with Gasteiger partial charge in [-0.25, -0.2) is 14.8 Å². The number of benzene rings is 2. The van der Waals surface area contributed by atoms with Gasteiger partial charge in [-0.15, -0.1) is 0 Å². The van der Waals surface area contributed by atoms with E-state index in [1.165, 1.54) is 5.56 Å². The summed E-state index contributed by atoms with van der Waals surface area (Å²) in [5, 5.41) is 8.60. The number of aliphatic imine (C=N–C) groups is 1. The number of urea groups is 1. The third-order valence-electron chi connectivity index (χ3n) is 4.27. The molecule has 0 bridgehead atoms. The topological polar surface area (TPSA) is 91.3 Å². The summed E-state index contributed by atoms with van der Waals surface area (Å²) in [5.41, 5.74) is 4.66. The molecule has 0 aliphatic rings. The molecule has 1 aromatic heterocycles. The number of hydrogen-bond acceptors (Lipinski definition) is 4. The van der Waals surface area contributed by atoms with Gasteiger partial charge in [-0.1, -0.05) is 48.0 Å². The molecule has 3 rings (SSSR count). The van der Waals surface area contributed by atoms with E-state index >= 15 is 0 Å². The van der Waals surface area contributed by atoms with E-state index < -0.39 is 6.03 Å². The Hall–Kier alpha value is -3.74. The molecule has 30 heavy (non-hydrogen) atoms. The summed E-state index contributed by atoms with van der Waals surface area (Å²) in [6.45, 7) is 6.28. The minimum atomic E-state index is -0.394. The minimum absolute atomic E-state index is 0.292. The van der Waals surface area contributed by atoms with Crippen molar-refractivity contribution in [2.75, 3.05) is 17.2 Å². The average Bonchev–Trinajstić information content (AvgIpc) is 2.69. The second-order valence-electron chi connectivity index (χ2n) is 7.01. The molecule has 1 heterocycles. The highest BCUT2D eigenvalue weighted by Gasteiger charge is 2.09. The largest absolute Gasteiger partial charge is 0.326 e. The van der Waals surface area contributed by atoms with Gasteiger partial charge in [-0.3, -0.25) is 15.6 Å². The highest BCUT2D eigenvalue weighted by Crippen LogP contribution is 2.08. The molecule has 2 aromatic carbocycles. The van der Waals surface area contributed by atoms with E-state index in [2.05, 4.69) is 30.9 Å². The van der Waals surface area contributed by atoms with Crippen LogP contribution in [-0.4, -0.2) is 28.5 Å². The van der Waals surface area contributed by atoms with Crippen molar-refractivity contribution in [2.24, 2.45) is 4.99 Å². The maximum atomic E-state index is 12.5. The summed E-state index contributed by atoms with van der Waals surface area (Å²) in [4.78, 5) is 25.7. The van der Waals surface area contributed by atoms with Crippen LogP contribution in [0.15, 0.2) is 65.7 Å². The van der Waals surface area contributed by atoms with Crippen molar-refractivity contribution in [3.8, 4) is 0 Å².